The van der Waals surface area contributed by atoms with Crippen molar-refractivity contribution in [2.24, 2.45) is 0 Å². The highest BCUT2D eigenvalue weighted by Crippen LogP contribution is 2.10. The largest absolute Gasteiger partial charge is 0.344 e. The van der Waals surface area contributed by atoms with Gasteiger partial charge in [-0.1, -0.05) is 52.4 Å². The van der Waals surface area contributed by atoms with Gasteiger partial charge in [0.25, 0.3) is 0 Å². The van der Waals surface area contributed by atoms with Gasteiger partial charge in [-0.05, 0) is 12.8 Å². The second-order valence-corrected chi connectivity index (χ2v) is 5.72. The summed E-state index contributed by atoms with van der Waals surface area (Å²) in [6.07, 6.45) is 9.87. The maximum Gasteiger partial charge on any atom is 0.245 e. The summed E-state index contributed by atoms with van der Waals surface area (Å²) in [4.78, 5) is 25.6. The summed E-state index contributed by atoms with van der Waals surface area (Å²) < 4.78 is 0. The average molecular weight is 282 g/mol. The minimum Gasteiger partial charge on any atom is -0.344 e. The van der Waals surface area contributed by atoms with Gasteiger partial charge in [-0.3, -0.25) is 9.59 Å². The Balaban J connectivity index is 2.24. The van der Waals surface area contributed by atoms with E-state index < -0.39 is 0 Å². The van der Waals surface area contributed by atoms with Crippen LogP contribution in [0.15, 0.2) is 0 Å². The van der Waals surface area contributed by atoms with E-state index in [4.69, 9.17) is 0 Å². The number of nitrogens with one attached hydrogen (secondary N) is 1. The van der Waals surface area contributed by atoms with Crippen LogP contribution in [0.3, 0.4) is 0 Å². The van der Waals surface area contributed by atoms with Gasteiger partial charge in [-0.2, -0.15) is 0 Å². The number of nitrogens with zero attached hydrogens (tertiary/aromatic N) is 1. The van der Waals surface area contributed by atoms with E-state index in [9.17, 15) is 9.59 Å². The Morgan fingerprint density at radius 2 is 1.70 bits per heavy atom. The fraction of sp³-hybridized carbons (Fsp3) is 0.875. The van der Waals surface area contributed by atoms with Crippen molar-refractivity contribution in [2.75, 3.05) is 13.1 Å². The van der Waals surface area contributed by atoms with Crippen LogP contribution in [0.4, 0.5) is 0 Å². The number of hydrogen-bond acceptors (Lipinski definition) is 2. The first kappa shape index (κ1) is 17.0. The lowest BCUT2D eigenvalue weighted by Gasteiger charge is -2.23. The fourth-order valence-corrected chi connectivity index (χ4v) is 2.65. The normalized spacial score (nSPS) is 19.9. The molecule has 1 rings (SSSR count). The summed E-state index contributed by atoms with van der Waals surface area (Å²) in [5, 5.41) is 2.80. The molecular weight excluding hydrogens is 252 g/mol. The van der Waals surface area contributed by atoms with Crippen molar-refractivity contribution in [3.05, 3.63) is 0 Å². The zero-order valence-corrected chi connectivity index (χ0v) is 13.1. The Morgan fingerprint density at radius 1 is 1.05 bits per heavy atom. The Bertz CT molecular complexity index is 305. The third-order valence-corrected chi connectivity index (χ3v) is 3.99. The Kier molecular flexibility index (Phi) is 8.31. The Hall–Kier alpha value is -1.06. The molecule has 0 spiro atoms. The zero-order chi connectivity index (χ0) is 14.8. The van der Waals surface area contributed by atoms with E-state index in [0.717, 1.165) is 13.0 Å². The molecule has 0 aliphatic carbocycles. The quantitative estimate of drug-likeness (QED) is 0.661. The summed E-state index contributed by atoms with van der Waals surface area (Å²) in [5.74, 6) is 0.108. The molecule has 1 saturated heterocycles. The number of carbonyl (C=O) groups excluding carboxylic acids is 2. The van der Waals surface area contributed by atoms with Gasteiger partial charge in [0.15, 0.2) is 0 Å². The van der Waals surface area contributed by atoms with Crippen molar-refractivity contribution in [3.63, 3.8) is 0 Å². The van der Waals surface area contributed by atoms with Gasteiger partial charge in [0.05, 0.1) is 0 Å². The first-order chi connectivity index (χ1) is 9.69. The van der Waals surface area contributed by atoms with Crippen molar-refractivity contribution in [1.29, 1.82) is 0 Å². The number of carbonyl (C=O) groups is 2. The van der Waals surface area contributed by atoms with Gasteiger partial charge < -0.3 is 10.2 Å². The predicted molar refractivity (Wildman–Crippen MR) is 81.4 cm³/mol. The molecule has 4 nitrogen and oxygen atoms in total. The number of unbranched alkanes of at least 4 members (excludes halogenated alkanes) is 6. The fourth-order valence-electron chi connectivity index (χ4n) is 2.65. The van der Waals surface area contributed by atoms with Gasteiger partial charge in [-0.25, -0.2) is 0 Å². The Morgan fingerprint density at radius 3 is 2.35 bits per heavy atom. The van der Waals surface area contributed by atoms with E-state index in [1.165, 1.54) is 38.5 Å². The van der Waals surface area contributed by atoms with Crippen molar-refractivity contribution in [1.82, 2.24) is 10.2 Å². The van der Waals surface area contributed by atoms with Crippen LogP contribution in [0.5, 0.6) is 0 Å². The topological polar surface area (TPSA) is 49.4 Å². The van der Waals surface area contributed by atoms with Crippen molar-refractivity contribution < 1.29 is 9.59 Å². The molecule has 2 amide bonds. The lowest BCUT2D eigenvalue weighted by atomic mass is 10.1. The van der Waals surface area contributed by atoms with Crippen LogP contribution in [0.1, 0.15) is 71.6 Å². The van der Waals surface area contributed by atoms with Gasteiger partial charge in [-0.15, -0.1) is 0 Å². The molecule has 0 aromatic carbocycles. The average Bonchev–Trinajstić information content (AvgIpc) is 2.58. The third-order valence-electron chi connectivity index (χ3n) is 3.99. The van der Waals surface area contributed by atoms with Crippen LogP contribution in [0.2, 0.25) is 0 Å². The molecule has 0 aromatic rings. The molecule has 0 bridgehead atoms. The molecule has 1 atom stereocenters. The second-order valence-electron chi connectivity index (χ2n) is 5.72. The van der Waals surface area contributed by atoms with Crippen LogP contribution < -0.4 is 5.32 Å². The molecule has 1 aliphatic heterocycles. The molecule has 0 radical (unpaired) electrons. The molecular formula is C16H30N2O2. The first-order valence-electron chi connectivity index (χ1n) is 8.27. The van der Waals surface area contributed by atoms with E-state index in [2.05, 4.69) is 12.2 Å². The lowest BCUT2D eigenvalue weighted by molar-refractivity contribution is -0.133. The maximum absolute atomic E-state index is 12.2. The maximum atomic E-state index is 12.2. The third kappa shape index (κ3) is 5.93. The highest BCUT2D eigenvalue weighted by Gasteiger charge is 2.27. The predicted octanol–water partition coefficient (Wildman–Crippen LogP) is 2.86. The van der Waals surface area contributed by atoms with Crippen LogP contribution in [0.25, 0.3) is 0 Å². The van der Waals surface area contributed by atoms with Crippen LogP contribution in [-0.2, 0) is 9.59 Å². The summed E-state index contributed by atoms with van der Waals surface area (Å²) in [7, 11) is 0. The molecule has 0 aromatic heterocycles. The number of rotatable bonds is 9. The van der Waals surface area contributed by atoms with E-state index in [-0.39, 0.29) is 17.9 Å². The molecule has 1 aliphatic rings. The van der Waals surface area contributed by atoms with Gasteiger partial charge >= 0.3 is 0 Å². The Labute approximate surface area is 123 Å². The smallest absolute Gasteiger partial charge is 0.245 e. The van der Waals surface area contributed by atoms with E-state index in [1.807, 2.05) is 11.8 Å². The summed E-state index contributed by atoms with van der Waals surface area (Å²) in [6, 6.07) is -0.311. The summed E-state index contributed by atoms with van der Waals surface area (Å²) in [6.45, 7) is 5.56. The summed E-state index contributed by atoms with van der Waals surface area (Å²) in [5.41, 5.74) is 0. The molecule has 116 valence electrons. The SMILES string of the molecule is CCCCCCCCCN1CCC(=O)NC(CC)C1=O. The van der Waals surface area contributed by atoms with Gasteiger partial charge in [0.1, 0.15) is 6.04 Å². The zero-order valence-electron chi connectivity index (χ0n) is 13.1. The monoisotopic (exact) mass is 282 g/mol. The van der Waals surface area contributed by atoms with Crippen LogP contribution in [0, 0.1) is 0 Å². The lowest BCUT2D eigenvalue weighted by Crippen LogP contribution is -2.44. The molecule has 0 saturated carbocycles. The van der Waals surface area contributed by atoms with Crippen molar-refractivity contribution in [2.45, 2.75) is 77.7 Å². The van der Waals surface area contributed by atoms with Crippen molar-refractivity contribution >= 4 is 11.8 Å². The standard InChI is InChI=1S/C16H30N2O2/c1-3-5-6-7-8-9-10-12-18-13-11-15(19)17-14(4-2)16(18)20/h14H,3-13H2,1-2H3,(H,17,19). The van der Waals surface area contributed by atoms with E-state index in [1.54, 1.807) is 0 Å². The van der Waals surface area contributed by atoms with Crippen molar-refractivity contribution in [3.8, 4) is 0 Å². The highest BCUT2D eigenvalue weighted by atomic mass is 16.2. The van der Waals surface area contributed by atoms with Crippen LogP contribution >= 0.6 is 0 Å². The van der Waals surface area contributed by atoms with E-state index in [0.29, 0.717) is 19.4 Å². The second kappa shape index (κ2) is 9.78. The highest BCUT2D eigenvalue weighted by molar-refractivity contribution is 5.89. The minimum absolute atomic E-state index is 0.00673. The molecule has 1 N–H and O–H groups in total. The van der Waals surface area contributed by atoms with Gasteiger partial charge in [0, 0.05) is 19.5 Å². The first-order valence-corrected chi connectivity index (χ1v) is 8.27. The number of amides is 2. The molecule has 1 heterocycles. The number of hydrogen-bond donors (Lipinski definition) is 1. The molecule has 20 heavy (non-hydrogen) atoms. The molecule has 1 unspecified atom stereocenters. The molecule has 4 heteroatoms. The minimum atomic E-state index is -0.311. The van der Waals surface area contributed by atoms with Crippen LogP contribution in [-0.4, -0.2) is 35.8 Å². The van der Waals surface area contributed by atoms with Gasteiger partial charge in [0.2, 0.25) is 11.8 Å². The van der Waals surface area contributed by atoms with E-state index >= 15 is 0 Å². The summed E-state index contributed by atoms with van der Waals surface area (Å²) >= 11 is 0. The molecule has 1 fully saturated rings.